The van der Waals surface area contributed by atoms with Gasteiger partial charge in [-0.3, -0.25) is 14.5 Å². The van der Waals surface area contributed by atoms with Crippen LogP contribution in [0.15, 0.2) is 0 Å². The van der Waals surface area contributed by atoms with Crippen molar-refractivity contribution in [3.8, 4) is 0 Å². The van der Waals surface area contributed by atoms with E-state index in [1.54, 1.807) is 0 Å². The molecule has 0 aromatic rings. The van der Waals surface area contributed by atoms with E-state index in [0.29, 0.717) is 13.0 Å². The highest BCUT2D eigenvalue weighted by Gasteiger charge is 2.28. The van der Waals surface area contributed by atoms with E-state index in [0.717, 1.165) is 51.7 Å². The quantitative estimate of drug-likeness (QED) is 0.778. The lowest BCUT2D eigenvalue weighted by Gasteiger charge is -2.38. The van der Waals surface area contributed by atoms with Crippen LogP contribution in [0.1, 0.15) is 44.9 Å². The van der Waals surface area contributed by atoms with Crippen molar-refractivity contribution in [3.63, 3.8) is 0 Å². The van der Waals surface area contributed by atoms with Gasteiger partial charge in [-0.2, -0.15) is 0 Å². The number of aliphatic carboxylic acids is 1. The highest BCUT2D eigenvalue weighted by atomic mass is 16.4. The Bertz CT molecular complexity index is 367. The fourth-order valence-corrected chi connectivity index (χ4v) is 3.31. The zero-order valence-electron chi connectivity index (χ0n) is 12.7. The van der Waals surface area contributed by atoms with Crippen LogP contribution < -0.4 is 5.73 Å². The normalized spacial score (nSPS) is 25.0. The second-order valence-electron chi connectivity index (χ2n) is 6.28. The Labute approximate surface area is 126 Å². The van der Waals surface area contributed by atoms with Crippen molar-refractivity contribution in [1.82, 2.24) is 9.80 Å². The van der Waals surface area contributed by atoms with Crippen LogP contribution >= 0.6 is 0 Å². The summed E-state index contributed by atoms with van der Waals surface area (Å²) in [7, 11) is 0. The Kier molecular flexibility index (Phi) is 5.99. The lowest BCUT2D eigenvalue weighted by atomic mass is 9.97. The summed E-state index contributed by atoms with van der Waals surface area (Å²) in [5.74, 6) is -0.626. The number of nitrogens with two attached hydrogens (primary N) is 1. The Morgan fingerprint density at radius 1 is 1.10 bits per heavy atom. The Balaban J connectivity index is 1.84. The number of carboxylic acid groups (broad SMARTS) is 1. The molecule has 120 valence electrons. The lowest BCUT2D eigenvalue weighted by Crippen LogP contribution is -2.50. The molecule has 1 atom stereocenters. The fraction of sp³-hybridized carbons (Fsp3) is 0.867. The molecule has 2 saturated heterocycles. The van der Waals surface area contributed by atoms with Gasteiger partial charge in [-0.05, 0) is 38.5 Å². The van der Waals surface area contributed by atoms with E-state index in [-0.39, 0.29) is 24.4 Å². The highest BCUT2D eigenvalue weighted by molar-refractivity contribution is 5.78. The molecular formula is C15H27N3O3. The van der Waals surface area contributed by atoms with Gasteiger partial charge in [0.15, 0.2) is 0 Å². The molecule has 0 aliphatic carbocycles. The predicted octanol–water partition coefficient (Wildman–Crippen LogP) is 0.655. The Hall–Kier alpha value is -1.14. The zero-order chi connectivity index (χ0) is 15.2. The standard InChI is InChI=1S/C15H27N3O3/c16-12-6-9-17(10-7-12)11-14(19)18-8-2-1-3-13(18)4-5-15(20)21/h12-13H,1-11,16H2,(H,20,21). The van der Waals surface area contributed by atoms with E-state index in [2.05, 4.69) is 4.90 Å². The summed E-state index contributed by atoms with van der Waals surface area (Å²) in [6.07, 6.45) is 5.68. The molecule has 6 nitrogen and oxygen atoms in total. The number of amides is 1. The second kappa shape index (κ2) is 7.75. The van der Waals surface area contributed by atoms with Crippen molar-refractivity contribution < 1.29 is 14.7 Å². The largest absolute Gasteiger partial charge is 0.481 e. The lowest BCUT2D eigenvalue weighted by molar-refractivity contribution is -0.140. The summed E-state index contributed by atoms with van der Waals surface area (Å²) in [5.41, 5.74) is 5.88. The molecule has 1 amide bonds. The maximum absolute atomic E-state index is 12.5. The minimum atomic E-state index is -0.780. The first-order valence-corrected chi connectivity index (χ1v) is 8.05. The number of nitrogens with zero attached hydrogens (tertiary/aromatic N) is 2. The summed E-state index contributed by atoms with van der Waals surface area (Å²) in [4.78, 5) is 27.3. The molecule has 1 unspecified atom stereocenters. The summed E-state index contributed by atoms with van der Waals surface area (Å²) in [5, 5.41) is 8.83. The Morgan fingerprint density at radius 2 is 1.81 bits per heavy atom. The molecular weight excluding hydrogens is 270 g/mol. The topological polar surface area (TPSA) is 86.9 Å². The van der Waals surface area contributed by atoms with E-state index < -0.39 is 5.97 Å². The van der Waals surface area contributed by atoms with Gasteiger partial charge in [0.05, 0.1) is 6.54 Å². The molecule has 0 aromatic heterocycles. The first kappa shape index (κ1) is 16.2. The van der Waals surface area contributed by atoms with Crippen molar-refractivity contribution >= 4 is 11.9 Å². The molecule has 0 bridgehead atoms. The van der Waals surface area contributed by atoms with Crippen LogP contribution in [0.2, 0.25) is 0 Å². The zero-order valence-corrected chi connectivity index (χ0v) is 12.7. The van der Waals surface area contributed by atoms with Crippen LogP contribution in [0.4, 0.5) is 0 Å². The number of rotatable bonds is 5. The van der Waals surface area contributed by atoms with Gasteiger partial charge in [-0.15, -0.1) is 0 Å². The molecule has 0 spiro atoms. The number of carbonyl (C=O) groups is 2. The van der Waals surface area contributed by atoms with Gasteiger partial charge in [-0.1, -0.05) is 0 Å². The molecule has 2 rings (SSSR count). The van der Waals surface area contributed by atoms with Gasteiger partial charge in [0.1, 0.15) is 0 Å². The van der Waals surface area contributed by atoms with E-state index in [9.17, 15) is 9.59 Å². The Morgan fingerprint density at radius 3 is 2.48 bits per heavy atom. The van der Waals surface area contributed by atoms with Crippen molar-refractivity contribution in [3.05, 3.63) is 0 Å². The van der Waals surface area contributed by atoms with E-state index >= 15 is 0 Å². The maximum Gasteiger partial charge on any atom is 0.303 e. The smallest absolute Gasteiger partial charge is 0.303 e. The van der Waals surface area contributed by atoms with Crippen LogP contribution in [-0.2, 0) is 9.59 Å². The van der Waals surface area contributed by atoms with E-state index in [4.69, 9.17) is 10.8 Å². The first-order valence-electron chi connectivity index (χ1n) is 8.05. The number of likely N-dealkylation sites (tertiary alicyclic amines) is 2. The third-order valence-corrected chi connectivity index (χ3v) is 4.63. The number of hydrogen-bond acceptors (Lipinski definition) is 4. The third-order valence-electron chi connectivity index (χ3n) is 4.63. The average molecular weight is 297 g/mol. The van der Waals surface area contributed by atoms with Crippen LogP contribution in [-0.4, -0.2) is 65.0 Å². The number of carboxylic acids is 1. The summed E-state index contributed by atoms with van der Waals surface area (Å²) in [6, 6.07) is 0.379. The minimum Gasteiger partial charge on any atom is -0.481 e. The maximum atomic E-state index is 12.5. The molecule has 6 heteroatoms. The molecule has 0 saturated carbocycles. The summed E-state index contributed by atoms with van der Waals surface area (Å²) >= 11 is 0. The number of hydrogen-bond donors (Lipinski definition) is 2. The SMILES string of the molecule is NC1CCN(CC(=O)N2CCCCC2CCC(=O)O)CC1. The van der Waals surface area contributed by atoms with E-state index in [1.165, 1.54) is 0 Å². The number of carbonyl (C=O) groups excluding carboxylic acids is 1. The van der Waals surface area contributed by atoms with Crippen LogP contribution in [0.3, 0.4) is 0 Å². The highest BCUT2D eigenvalue weighted by Crippen LogP contribution is 2.21. The molecule has 3 N–H and O–H groups in total. The average Bonchev–Trinajstić information content (AvgIpc) is 2.47. The fourth-order valence-electron chi connectivity index (χ4n) is 3.31. The minimum absolute atomic E-state index is 0.106. The number of piperidine rings is 2. The molecule has 2 fully saturated rings. The van der Waals surface area contributed by atoms with E-state index in [1.807, 2.05) is 4.90 Å². The van der Waals surface area contributed by atoms with Gasteiger partial charge in [0, 0.05) is 38.1 Å². The van der Waals surface area contributed by atoms with Gasteiger partial charge in [-0.25, -0.2) is 0 Å². The first-order chi connectivity index (χ1) is 10.1. The second-order valence-corrected chi connectivity index (χ2v) is 6.28. The molecule has 2 aliphatic rings. The van der Waals surface area contributed by atoms with Crippen LogP contribution in [0, 0.1) is 0 Å². The van der Waals surface area contributed by atoms with Gasteiger partial charge >= 0.3 is 5.97 Å². The van der Waals surface area contributed by atoms with Crippen molar-refractivity contribution in [2.45, 2.75) is 57.0 Å². The third kappa shape index (κ3) is 4.97. The van der Waals surface area contributed by atoms with Gasteiger partial charge in [0.2, 0.25) is 5.91 Å². The monoisotopic (exact) mass is 297 g/mol. The van der Waals surface area contributed by atoms with Crippen molar-refractivity contribution in [2.24, 2.45) is 5.73 Å². The molecule has 21 heavy (non-hydrogen) atoms. The van der Waals surface area contributed by atoms with Gasteiger partial charge < -0.3 is 15.7 Å². The summed E-state index contributed by atoms with van der Waals surface area (Å²) < 4.78 is 0. The van der Waals surface area contributed by atoms with Crippen molar-refractivity contribution in [2.75, 3.05) is 26.2 Å². The van der Waals surface area contributed by atoms with Crippen LogP contribution in [0.25, 0.3) is 0 Å². The van der Waals surface area contributed by atoms with Crippen molar-refractivity contribution in [1.29, 1.82) is 0 Å². The molecule has 2 aliphatic heterocycles. The predicted molar refractivity (Wildman–Crippen MR) is 79.9 cm³/mol. The molecule has 2 heterocycles. The van der Waals surface area contributed by atoms with Gasteiger partial charge in [0.25, 0.3) is 0 Å². The summed E-state index contributed by atoms with van der Waals surface area (Å²) in [6.45, 7) is 3.01. The van der Waals surface area contributed by atoms with Crippen LogP contribution in [0.5, 0.6) is 0 Å². The molecule has 0 aromatic carbocycles. The molecule has 0 radical (unpaired) electrons.